The Morgan fingerprint density at radius 3 is 2.83 bits per heavy atom. The lowest BCUT2D eigenvalue weighted by atomic mass is 9.95. The Hall–Kier alpha value is -2.37. The van der Waals surface area contributed by atoms with Crippen LogP contribution in [0.3, 0.4) is 0 Å². The number of nitrogens with zero attached hydrogens (tertiary/aromatic N) is 2. The summed E-state index contributed by atoms with van der Waals surface area (Å²) in [6.45, 7) is 0.107. The van der Waals surface area contributed by atoms with Crippen molar-refractivity contribution >= 4 is 22.8 Å². The molecule has 6 heteroatoms. The first-order chi connectivity index (χ1) is 11.1. The Labute approximate surface area is 134 Å². The lowest BCUT2D eigenvalue weighted by Crippen LogP contribution is -2.44. The first-order valence-corrected chi connectivity index (χ1v) is 8.08. The van der Waals surface area contributed by atoms with Crippen molar-refractivity contribution in [1.82, 2.24) is 15.1 Å². The molecule has 1 heterocycles. The summed E-state index contributed by atoms with van der Waals surface area (Å²) in [4.78, 5) is 23.8. The molecular formula is C17H21N3O3. The maximum atomic E-state index is 12.3. The van der Waals surface area contributed by atoms with Crippen LogP contribution in [0.15, 0.2) is 30.5 Å². The summed E-state index contributed by atoms with van der Waals surface area (Å²) in [5, 5.41) is 17.5. The van der Waals surface area contributed by atoms with E-state index in [1.165, 1.54) is 0 Å². The number of hydrogen-bond donors (Lipinski definition) is 2. The molecule has 2 N–H and O–H groups in total. The van der Waals surface area contributed by atoms with Gasteiger partial charge in [-0.25, -0.2) is 0 Å². The second kappa shape index (κ2) is 6.81. The number of aromatic nitrogens is 2. The molecule has 122 valence electrons. The maximum absolute atomic E-state index is 12.3. The topological polar surface area (TPSA) is 84.2 Å². The van der Waals surface area contributed by atoms with E-state index in [9.17, 15) is 14.7 Å². The molecule has 1 aromatic heterocycles. The van der Waals surface area contributed by atoms with Crippen LogP contribution in [0.4, 0.5) is 0 Å². The van der Waals surface area contributed by atoms with E-state index in [2.05, 4.69) is 10.4 Å². The molecule has 23 heavy (non-hydrogen) atoms. The first-order valence-electron chi connectivity index (χ1n) is 8.08. The number of carboxylic acid groups (broad SMARTS) is 1. The quantitative estimate of drug-likeness (QED) is 0.847. The normalized spacial score (nSPS) is 21.7. The minimum atomic E-state index is -0.818. The van der Waals surface area contributed by atoms with E-state index >= 15 is 0 Å². The predicted octanol–water partition coefficient (Wildman–Crippen LogP) is 2.19. The summed E-state index contributed by atoms with van der Waals surface area (Å²) in [5.74, 6) is -1.49. The lowest BCUT2D eigenvalue weighted by Gasteiger charge is -2.22. The van der Waals surface area contributed by atoms with Crippen molar-refractivity contribution in [3.8, 4) is 0 Å². The molecule has 0 bridgehead atoms. The Morgan fingerprint density at radius 2 is 2.00 bits per heavy atom. The molecule has 2 aromatic rings. The summed E-state index contributed by atoms with van der Waals surface area (Å²) in [6, 6.07) is 7.41. The number of carboxylic acids is 1. The number of carbonyl (C=O) groups is 2. The largest absolute Gasteiger partial charge is 0.481 e. The summed E-state index contributed by atoms with van der Waals surface area (Å²) < 4.78 is 1.65. The zero-order chi connectivity index (χ0) is 16.2. The number of rotatable bonds is 4. The molecule has 2 atom stereocenters. The van der Waals surface area contributed by atoms with Crippen molar-refractivity contribution in [3.63, 3.8) is 0 Å². The SMILES string of the molecule is O=C(Cn1ncc2ccccc21)N[C@H]1CCCCC[C@H]1C(=O)O. The van der Waals surface area contributed by atoms with Gasteiger partial charge in [0.1, 0.15) is 6.54 Å². The summed E-state index contributed by atoms with van der Waals surface area (Å²) in [5.41, 5.74) is 0.901. The van der Waals surface area contributed by atoms with Gasteiger partial charge in [-0.15, -0.1) is 0 Å². The van der Waals surface area contributed by atoms with Gasteiger partial charge in [0.15, 0.2) is 0 Å². The van der Waals surface area contributed by atoms with Crippen molar-refractivity contribution in [1.29, 1.82) is 0 Å². The predicted molar refractivity (Wildman–Crippen MR) is 85.9 cm³/mol. The molecule has 1 aromatic carbocycles. The van der Waals surface area contributed by atoms with Gasteiger partial charge in [-0.1, -0.05) is 37.5 Å². The van der Waals surface area contributed by atoms with E-state index < -0.39 is 11.9 Å². The van der Waals surface area contributed by atoms with Gasteiger partial charge in [0.2, 0.25) is 5.91 Å². The highest BCUT2D eigenvalue weighted by atomic mass is 16.4. The maximum Gasteiger partial charge on any atom is 0.308 e. The van der Waals surface area contributed by atoms with Crippen molar-refractivity contribution in [2.24, 2.45) is 5.92 Å². The van der Waals surface area contributed by atoms with Crippen LogP contribution in [0.25, 0.3) is 10.9 Å². The highest BCUT2D eigenvalue weighted by molar-refractivity contribution is 5.82. The zero-order valence-corrected chi connectivity index (χ0v) is 12.9. The highest BCUT2D eigenvalue weighted by Crippen LogP contribution is 2.24. The molecule has 1 aliphatic carbocycles. The molecular weight excluding hydrogens is 294 g/mol. The number of nitrogens with one attached hydrogen (secondary N) is 1. The summed E-state index contributed by atoms with van der Waals surface area (Å²) >= 11 is 0. The van der Waals surface area contributed by atoms with E-state index in [0.717, 1.165) is 36.6 Å². The van der Waals surface area contributed by atoms with Gasteiger partial charge < -0.3 is 10.4 Å². The van der Waals surface area contributed by atoms with Crippen LogP contribution in [0.2, 0.25) is 0 Å². The third kappa shape index (κ3) is 3.52. The molecule has 0 saturated heterocycles. The molecule has 1 aliphatic rings. The van der Waals surface area contributed by atoms with Crippen LogP contribution in [0, 0.1) is 5.92 Å². The number of benzene rings is 1. The second-order valence-electron chi connectivity index (χ2n) is 6.12. The van der Waals surface area contributed by atoms with Gasteiger partial charge in [-0.2, -0.15) is 5.10 Å². The average Bonchev–Trinajstić information content (AvgIpc) is 2.77. The Bertz CT molecular complexity index is 710. The minimum absolute atomic E-state index is 0.107. The molecule has 6 nitrogen and oxygen atoms in total. The van der Waals surface area contributed by atoms with Gasteiger partial charge in [0, 0.05) is 11.4 Å². The van der Waals surface area contributed by atoms with Gasteiger partial charge >= 0.3 is 5.97 Å². The number of hydrogen-bond acceptors (Lipinski definition) is 3. The molecule has 1 saturated carbocycles. The Morgan fingerprint density at radius 1 is 1.22 bits per heavy atom. The van der Waals surface area contributed by atoms with E-state index in [1.54, 1.807) is 10.9 Å². The Kier molecular flexibility index (Phi) is 4.60. The van der Waals surface area contributed by atoms with Crippen LogP contribution in [0.5, 0.6) is 0 Å². The Balaban J connectivity index is 1.69. The van der Waals surface area contributed by atoms with Crippen molar-refractivity contribution in [3.05, 3.63) is 30.5 Å². The number of amides is 1. The third-order valence-electron chi connectivity index (χ3n) is 4.52. The summed E-state index contributed by atoms with van der Waals surface area (Å²) in [6.07, 6.45) is 5.98. The van der Waals surface area contributed by atoms with Gasteiger partial charge in [-0.3, -0.25) is 14.3 Å². The molecule has 0 aliphatic heterocycles. The second-order valence-corrected chi connectivity index (χ2v) is 6.12. The third-order valence-corrected chi connectivity index (χ3v) is 4.52. The van der Waals surface area contributed by atoms with Gasteiger partial charge in [-0.05, 0) is 18.9 Å². The fourth-order valence-electron chi connectivity index (χ4n) is 3.32. The molecule has 1 amide bonds. The van der Waals surface area contributed by atoms with E-state index in [-0.39, 0.29) is 18.5 Å². The monoisotopic (exact) mass is 315 g/mol. The lowest BCUT2D eigenvalue weighted by molar-refractivity contribution is -0.143. The van der Waals surface area contributed by atoms with Crippen LogP contribution in [0.1, 0.15) is 32.1 Å². The van der Waals surface area contributed by atoms with Crippen LogP contribution >= 0.6 is 0 Å². The van der Waals surface area contributed by atoms with Crippen LogP contribution in [-0.2, 0) is 16.1 Å². The molecule has 1 fully saturated rings. The van der Waals surface area contributed by atoms with Gasteiger partial charge in [0.05, 0.1) is 17.6 Å². The van der Waals surface area contributed by atoms with Crippen molar-refractivity contribution in [2.75, 3.05) is 0 Å². The molecule has 0 spiro atoms. The fraction of sp³-hybridized carbons (Fsp3) is 0.471. The van der Waals surface area contributed by atoms with Crippen LogP contribution < -0.4 is 5.32 Å². The number of para-hydroxylation sites is 1. The van der Waals surface area contributed by atoms with E-state index in [4.69, 9.17) is 0 Å². The van der Waals surface area contributed by atoms with E-state index in [1.807, 2.05) is 24.3 Å². The van der Waals surface area contributed by atoms with Crippen LogP contribution in [-0.4, -0.2) is 32.8 Å². The molecule has 0 radical (unpaired) electrons. The smallest absolute Gasteiger partial charge is 0.308 e. The number of carbonyl (C=O) groups excluding carboxylic acids is 1. The van der Waals surface area contributed by atoms with Crippen molar-refractivity contribution in [2.45, 2.75) is 44.7 Å². The standard InChI is InChI=1S/C17H21N3O3/c21-16(11-20-15-9-5-4-6-12(15)10-18-20)19-14-8-3-1-2-7-13(14)17(22)23/h4-6,9-10,13-14H,1-3,7-8,11H2,(H,19,21)(H,22,23)/t13-,14+/m1/s1. The number of aliphatic carboxylic acids is 1. The first kappa shape index (κ1) is 15.5. The molecule has 0 unspecified atom stereocenters. The average molecular weight is 315 g/mol. The fourth-order valence-corrected chi connectivity index (χ4v) is 3.32. The molecule has 3 rings (SSSR count). The number of fused-ring (bicyclic) bond motifs is 1. The highest BCUT2D eigenvalue weighted by Gasteiger charge is 2.30. The summed E-state index contributed by atoms with van der Waals surface area (Å²) in [7, 11) is 0. The van der Waals surface area contributed by atoms with E-state index in [0.29, 0.717) is 6.42 Å². The van der Waals surface area contributed by atoms with Crippen molar-refractivity contribution < 1.29 is 14.7 Å². The zero-order valence-electron chi connectivity index (χ0n) is 12.9. The van der Waals surface area contributed by atoms with Gasteiger partial charge in [0.25, 0.3) is 0 Å². The minimum Gasteiger partial charge on any atom is -0.481 e.